The highest BCUT2D eigenvalue weighted by Gasteiger charge is 2.02. The number of ether oxygens (including phenoxy) is 1. The van der Waals surface area contributed by atoms with Gasteiger partial charge in [-0.15, -0.1) is 0 Å². The van der Waals surface area contributed by atoms with Crippen molar-refractivity contribution >= 4 is 5.69 Å². The van der Waals surface area contributed by atoms with Gasteiger partial charge >= 0.3 is 0 Å². The second-order valence-corrected chi connectivity index (χ2v) is 4.43. The van der Waals surface area contributed by atoms with E-state index in [0.29, 0.717) is 0 Å². The lowest BCUT2D eigenvalue weighted by atomic mass is 10.2. The molecule has 0 bridgehead atoms. The topological polar surface area (TPSA) is 41.5 Å². The van der Waals surface area contributed by atoms with Crippen molar-refractivity contribution in [1.82, 2.24) is 0 Å². The monoisotopic (exact) mass is 237 g/mol. The molecular weight excluding hydrogens is 214 g/mol. The van der Waals surface area contributed by atoms with E-state index in [1.807, 2.05) is 24.3 Å². The quantitative estimate of drug-likeness (QED) is 0.766. The molecule has 1 rings (SSSR count). The fourth-order valence-electron chi connectivity index (χ4n) is 1.42. The SMILES string of the molecule is CCC(C)Oc1cccc(NCCC(C)O)c1. The van der Waals surface area contributed by atoms with Gasteiger partial charge in [-0.3, -0.25) is 0 Å². The zero-order valence-electron chi connectivity index (χ0n) is 10.9. The number of nitrogens with one attached hydrogen (secondary N) is 1. The molecule has 0 fully saturated rings. The molecule has 0 amide bonds. The maximum absolute atomic E-state index is 9.17. The van der Waals surface area contributed by atoms with Gasteiger partial charge in [0.2, 0.25) is 0 Å². The first-order valence-electron chi connectivity index (χ1n) is 6.30. The van der Waals surface area contributed by atoms with E-state index in [1.54, 1.807) is 6.92 Å². The first kappa shape index (κ1) is 13.8. The molecule has 0 radical (unpaired) electrons. The molecule has 0 saturated carbocycles. The van der Waals surface area contributed by atoms with Crippen molar-refractivity contribution in [3.8, 4) is 5.75 Å². The van der Waals surface area contributed by atoms with Gasteiger partial charge < -0.3 is 15.2 Å². The van der Waals surface area contributed by atoms with Gasteiger partial charge in [0.15, 0.2) is 0 Å². The maximum Gasteiger partial charge on any atom is 0.121 e. The number of hydrogen-bond donors (Lipinski definition) is 2. The highest BCUT2D eigenvalue weighted by molar-refractivity contribution is 5.48. The van der Waals surface area contributed by atoms with Crippen molar-refractivity contribution in [2.45, 2.75) is 45.8 Å². The van der Waals surface area contributed by atoms with Gasteiger partial charge in [0.25, 0.3) is 0 Å². The Morgan fingerprint density at radius 2 is 2.12 bits per heavy atom. The number of rotatable bonds is 7. The Bertz CT molecular complexity index is 326. The third kappa shape index (κ3) is 5.59. The molecule has 0 aliphatic rings. The van der Waals surface area contributed by atoms with Crippen molar-refractivity contribution in [2.24, 2.45) is 0 Å². The van der Waals surface area contributed by atoms with E-state index < -0.39 is 0 Å². The minimum atomic E-state index is -0.262. The fraction of sp³-hybridized carbons (Fsp3) is 0.571. The molecule has 0 aromatic heterocycles. The van der Waals surface area contributed by atoms with E-state index in [1.165, 1.54) is 0 Å². The molecule has 96 valence electrons. The van der Waals surface area contributed by atoms with Gasteiger partial charge in [-0.2, -0.15) is 0 Å². The predicted molar refractivity (Wildman–Crippen MR) is 71.6 cm³/mol. The maximum atomic E-state index is 9.17. The van der Waals surface area contributed by atoms with E-state index in [-0.39, 0.29) is 12.2 Å². The minimum absolute atomic E-state index is 0.239. The third-order valence-electron chi connectivity index (χ3n) is 2.64. The van der Waals surface area contributed by atoms with Crippen LogP contribution in [0.15, 0.2) is 24.3 Å². The molecule has 0 spiro atoms. The normalized spacial score (nSPS) is 14.1. The molecule has 2 atom stereocenters. The van der Waals surface area contributed by atoms with E-state index in [0.717, 1.165) is 30.8 Å². The second kappa shape index (κ2) is 7.17. The van der Waals surface area contributed by atoms with Gasteiger partial charge in [-0.1, -0.05) is 13.0 Å². The van der Waals surface area contributed by atoms with E-state index in [9.17, 15) is 5.11 Å². The summed E-state index contributed by atoms with van der Waals surface area (Å²) in [5, 5.41) is 12.4. The van der Waals surface area contributed by atoms with Crippen LogP contribution in [-0.4, -0.2) is 23.9 Å². The predicted octanol–water partition coefficient (Wildman–Crippen LogP) is 3.05. The number of aliphatic hydroxyl groups excluding tert-OH is 1. The van der Waals surface area contributed by atoms with Crippen LogP contribution >= 0.6 is 0 Å². The summed E-state index contributed by atoms with van der Waals surface area (Å²) in [5.41, 5.74) is 1.03. The molecule has 17 heavy (non-hydrogen) atoms. The molecule has 0 aliphatic heterocycles. The Morgan fingerprint density at radius 3 is 2.76 bits per heavy atom. The lowest BCUT2D eigenvalue weighted by Crippen LogP contribution is -2.11. The van der Waals surface area contributed by atoms with Gasteiger partial charge in [0.1, 0.15) is 5.75 Å². The van der Waals surface area contributed by atoms with Crippen LogP contribution in [0, 0.1) is 0 Å². The number of anilines is 1. The zero-order chi connectivity index (χ0) is 12.7. The average molecular weight is 237 g/mol. The van der Waals surface area contributed by atoms with Gasteiger partial charge in [-0.25, -0.2) is 0 Å². The summed E-state index contributed by atoms with van der Waals surface area (Å²) < 4.78 is 5.74. The van der Waals surface area contributed by atoms with Crippen LogP contribution in [-0.2, 0) is 0 Å². The molecule has 0 heterocycles. The highest BCUT2D eigenvalue weighted by Crippen LogP contribution is 2.19. The minimum Gasteiger partial charge on any atom is -0.491 e. The molecule has 0 aliphatic carbocycles. The fourth-order valence-corrected chi connectivity index (χ4v) is 1.42. The van der Waals surface area contributed by atoms with Crippen molar-refractivity contribution in [3.63, 3.8) is 0 Å². The summed E-state index contributed by atoms with van der Waals surface area (Å²) in [6.07, 6.45) is 1.72. The Morgan fingerprint density at radius 1 is 1.35 bits per heavy atom. The smallest absolute Gasteiger partial charge is 0.121 e. The Balaban J connectivity index is 2.48. The summed E-state index contributed by atoms with van der Waals surface area (Å²) in [6, 6.07) is 7.94. The van der Waals surface area contributed by atoms with Crippen molar-refractivity contribution in [3.05, 3.63) is 24.3 Å². The highest BCUT2D eigenvalue weighted by atomic mass is 16.5. The van der Waals surface area contributed by atoms with Gasteiger partial charge in [-0.05, 0) is 38.8 Å². The number of benzene rings is 1. The van der Waals surface area contributed by atoms with Crippen LogP contribution in [0.2, 0.25) is 0 Å². The largest absolute Gasteiger partial charge is 0.491 e. The summed E-state index contributed by atoms with van der Waals surface area (Å²) in [4.78, 5) is 0. The first-order valence-corrected chi connectivity index (χ1v) is 6.30. The van der Waals surface area contributed by atoms with E-state index in [2.05, 4.69) is 19.2 Å². The summed E-state index contributed by atoms with van der Waals surface area (Å²) >= 11 is 0. The number of aliphatic hydroxyl groups is 1. The van der Waals surface area contributed by atoms with E-state index >= 15 is 0 Å². The molecule has 3 heteroatoms. The van der Waals surface area contributed by atoms with Crippen LogP contribution < -0.4 is 10.1 Å². The van der Waals surface area contributed by atoms with Crippen molar-refractivity contribution in [2.75, 3.05) is 11.9 Å². The first-order chi connectivity index (χ1) is 8.11. The van der Waals surface area contributed by atoms with Crippen LogP contribution in [0.3, 0.4) is 0 Å². The summed E-state index contributed by atoms with van der Waals surface area (Å²) in [6.45, 7) is 6.73. The average Bonchev–Trinajstić information content (AvgIpc) is 2.29. The standard InChI is InChI=1S/C14H23NO2/c1-4-12(3)17-14-7-5-6-13(10-14)15-9-8-11(2)16/h5-7,10-12,15-16H,4,8-9H2,1-3H3. The van der Waals surface area contributed by atoms with Crippen LogP contribution in [0.25, 0.3) is 0 Å². The Labute approximate surface area is 104 Å². The van der Waals surface area contributed by atoms with Crippen molar-refractivity contribution < 1.29 is 9.84 Å². The Hall–Kier alpha value is -1.22. The second-order valence-electron chi connectivity index (χ2n) is 4.43. The lowest BCUT2D eigenvalue weighted by molar-refractivity contribution is 0.189. The molecule has 0 saturated heterocycles. The Kier molecular flexibility index (Phi) is 5.84. The molecule has 2 unspecified atom stereocenters. The van der Waals surface area contributed by atoms with Crippen molar-refractivity contribution in [1.29, 1.82) is 0 Å². The van der Waals surface area contributed by atoms with Crippen LogP contribution in [0.5, 0.6) is 5.75 Å². The third-order valence-corrected chi connectivity index (χ3v) is 2.64. The molecule has 2 N–H and O–H groups in total. The van der Waals surface area contributed by atoms with Gasteiger partial charge in [0.05, 0.1) is 12.2 Å². The number of hydrogen-bond acceptors (Lipinski definition) is 3. The van der Waals surface area contributed by atoms with Crippen LogP contribution in [0.4, 0.5) is 5.69 Å². The molecular formula is C14H23NO2. The summed E-state index contributed by atoms with van der Waals surface area (Å²) in [7, 11) is 0. The van der Waals surface area contributed by atoms with Crippen LogP contribution in [0.1, 0.15) is 33.6 Å². The summed E-state index contributed by atoms with van der Waals surface area (Å²) in [5.74, 6) is 0.890. The van der Waals surface area contributed by atoms with Gasteiger partial charge in [0, 0.05) is 18.3 Å². The van der Waals surface area contributed by atoms with E-state index in [4.69, 9.17) is 4.74 Å². The molecule has 3 nitrogen and oxygen atoms in total. The lowest BCUT2D eigenvalue weighted by Gasteiger charge is -2.14. The molecule has 1 aromatic carbocycles. The molecule has 1 aromatic rings. The zero-order valence-corrected chi connectivity index (χ0v) is 10.9.